The molecule has 1 aliphatic rings. The van der Waals surface area contributed by atoms with Crippen molar-refractivity contribution in [3.63, 3.8) is 0 Å². The van der Waals surface area contributed by atoms with E-state index in [4.69, 9.17) is 0 Å². The highest BCUT2D eigenvalue weighted by molar-refractivity contribution is 14.1. The number of nitrogens with one attached hydrogen (secondary N) is 1. The summed E-state index contributed by atoms with van der Waals surface area (Å²) in [6, 6.07) is 4.84. The first kappa shape index (κ1) is 12.6. The molecule has 0 saturated heterocycles. The number of phenolic OH excluding ortho intramolecular Hbond substituents is 1. The Labute approximate surface area is 113 Å². The number of rotatable bonds is 3. The van der Waals surface area contributed by atoms with E-state index in [1.165, 1.54) is 6.07 Å². The van der Waals surface area contributed by atoms with Gasteiger partial charge in [0.15, 0.2) is 0 Å². The van der Waals surface area contributed by atoms with Gasteiger partial charge in [0.2, 0.25) is 0 Å². The molecule has 2 rings (SSSR count). The third kappa shape index (κ3) is 2.90. The number of carbonyl (C=O) groups is 1. The molecule has 0 bridgehead atoms. The molecule has 0 aromatic heterocycles. The van der Waals surface area contributed by atoms with Crippen LogP contribution >= 0.6 is 22.6 Å². The van der Waals surface area contributed by atoms with Crippen molar-refractivity contribution in [1.29, 1.82) is 0 Å². The van der Waals surface area contributed by atoms with Gasteiger partial charge in [-0.05, 0) is 60.1 Å². The predicted molar refractivity (Wildman–Crippen MR) is 72.0 cm³/mol. The smallest absolute Gasteiger partial charge is 0.255 e. The number of hydrogen-bond donors (Lipinski definition) is 3. The summed E-state index contributed by atoms with van der Waals surface area (Å²) in [6.45, 7) is 0.247. The van der Waals surface area contributed by atoms with Crippen LogP contribution in [0.4, 0.5) is 0 Å². The monoisotopic (exact) mass is 347 g/mol. The lowest BCUT2D eigenvalue weighted by Gasteiger charge is -2.36. The summed E-state index contributed by atoms with van der Waals surface area (Å²) in [4.78, 5) is 11.8. The lowest BCUT2D eigenvalue weighted by atomic mass is 9.80. The second-order valence-corrected chi connectivity index (χ2v) is 5.67. The van der Waals surface area contributed by atoms with Crippen LogP contribution in [-0.2, 0) is 0 Å². The van der Waals surface area contributed by atoms with E-state index in [-0.39, 0.29) is 23.8 Å². The standard InChI is InChI=1S/C12H14INO3/c13-8-2-3-10(15)9(6-8)11(16)14-7-12(17)4-1-5-12/h2-3,6,15,17H,1,4-5,7H2,(H,14,16). The van der Waals surface area contributed by atoms with Crippen molar-refractivity contribution in [3.05, 3.63) is 27.3 Å². The Balaban J connectivity index is 2.01. The summed E-state index contributed by atoms with van der Waals surface area (Å²) in [5.41, 5.74) is -0.493. The summed E-state index contributed by atoms with van der Waals surface area (Å²) >= 11 is 2.08. The molecule has 1 amide bonds. The molecule has 1 aromatic carbocycles. The Bertz CT molecular complexity index is 443. The maximum atomic E-state index is 11.8. The van der Waals surface area contributed by atoms with Crippen LogP contribution in [0.1, 0.15) is 29.6 Å². The van der Waals surface area contributed by atoms with Gasteiger partial charge in [0.1, 0.15) is 5.75 Å². The molecule has 92 valence electrons. The van der Waals surface area contributed by atoms with Crippen molar-refractivity contribution in [1.82, 2.24) is 5.32 Å². The van der Waals surface area contributed by atoms with E-state index in [1.54, 1.807) is 12.1 Å². The van der Waals surface area contributed by atoms with Gasteiger partial charge in [-0.25, -0.2) is 0 Å². The fraction of sp³-hybridized carbons (Fsp3) is 0.417. The van der Waals surface area contributed by atoms with Gasteiger partial charge in [0.25, 0.3) is 5.91 Å². The van der Waals surface area contributed by atoms with Crippen LogP contribution in [0.3, 0.4) is 0 Å². The lowest BCUT2D eigenvalue weighted by molar-refractivity contribution is -0.0300. The van der Waals surface area contributed by atoms with Gasteiger partial charge >= 0.3 is 0 Å². The average Bonchev–Trinajstić information content (AvgIpc) is 2.26. The molecule has 5 heteroatoms. The van der Waals surface area contributed by atoms with E-state index >= 15 is 0 Å². The Kier molecular flexibility index (Phi) is 3.58. The molecule has 0 spiro atoms. The zero-order valence-corrected chi connectivity index (χ0v) is 11.4. The molecular formula is C12H14INO3. The van der Waals surface area contributed by atoms with Crippen LogP contribution in [0, 0.1) is 3.57 Å². The van der Waals surface area contributed by atoms with Gasteiger partial charge in [-0.3, -0.25) is 4.79 Å². The minimum absolute atomic E-state index is 0.0384. The highest BCUT2D eigenvalue weighted by Crippen LogP contribution is 2.30. The van der Waals surface area contributed by atoms with Crippen LogP contribution in [0.25, 0.3) is 0 Å². The third-order valence-corrected chi connectivity index (χ3v) is 3.74. The molecule has 17 heavy (non-hydrogen) atoms. The van der Waals surface area contributed by atoms with E-state index in [9.17, 15) is 15.0 Å². The van der Waals surface area contributed by atoms with Crippen molar-refractivity contribution in [2.75, 3.05) is 6.54 Å². The van der Waals surface area contributed by atoms with Crippen LogP contribution in [0.5, 0.6) is 5.75 Å². The van der Waals surface area contributed by atoms with Crippen LogP contribution < -0.4 is 5.32 Å². The van der Waals surface area contributed by atoms with Gasteiger partial charge in [-0.15, -0.1) is 0 Å². The Morgan fingerprint density at radius 1 is 1.47 bits per heavy atom. The number of benzene rings is 1. The second-order valence-electron chi connectivity index (χ2n) is 4.42. The molecule has 4 nitrogen and oxygen atoms in total. The number of aromatic hydroxyl groups is 1. The van der Waals surface area contributed by atoms with E-state index in [2.05, 4.69) is 27.9 Å². The van der Waals surface area contributed by atoms with Gasteiger partial charge in [-0.2, -0.15) is 0 Å². The summed E-state index contributed by atoms with van der Waals surface area (Å²) < 4.78 is 0.882. The van der Waals surface area contributed by atoms with Crippen molar-refractivity contribution in [2.24, 2.45) is 0 Å². The molecule has 0 radical (unpaired) electrons. The fourth-order valence-corrected chi connectivity index (χ4v) is 2.28. The van der Waals surface area contributed by atoms with E-state index < -0.39 is 5.60 Å². The zero-order chi connectivity index (χ0) is 12.5. The summed E-state index contributed by atoms with van der Waals surface area (Å²) in [6.07, 6.45) is 2.46. The number of aliphatic hydroxyl groups is 1. The number of hydrogen-bond acceptors (Lipinski definition) is 3. The normalized spacial score (nSPS) is 17.3. The number of carbonyl (C=O) groups excluding carboxylic acids is 1. The number of phenols is 1. The Morgan fingerprint density at radius 2 is 2.18 bits per heavy atom. The largest absolute Gasteiger partial charge is 0.507 e. The lowest BCUT2D eigenvalue weighted by Crippen LogP contribution is -2.47. The van der Waals surface area contributed by atoms with E-state index in [1.807, 2.05) is 0 Å². The zero-order valence-electron chi connectivity index (χ0n) is 9.24. The Hall–Kier alpha value is -0.820. The van der Waals surface area contributed by atoms with Crippen LogP contribution in [-0.4, -0.2) is 28.3 Å². The van der Waals surface area contributed by atoms with Crippen molar-refractivity contribution in [3.8, 4) is 5.75 Å². The first-order chi connectivity index (χ1) is 8.00. The topological polar surface area (TPSA) is 69.6 Å². The number of halogens is 1. The average molecular weight is 347 g/mol. The first-order valence-corrected chi connectivity index (χ1v) is 6.57. The van der Waals surface area contributed by atoms with Gasteiger partial charge in [0, 0.05) is 10.1 Å². The van der Waals surface area contributed by atoms with Crippen molar-refractivity contribution >= 4 is 28.5 Å². The molecule has 0 atom stereocenters. The summed E-state index contributed by atoms with van der Waals surface area (Å²) in [5.74, 6) is -0.384. The fourth-order valence-electron chi connectivity index (χ4n) is 1.79. The molecule has 0 unspecified atom stereocenters. The number of amides is 1. The Morgan fingerprint density at radius 3 is 2.76 bits per heavy atom. The van der Waals surface area contributed by atoms with Crippen molar-refractivity contribution < 1.29 is 15.0 Å². The molecule has 1 aliphatic carbocycles. The summed E-state index contributed by atoms with van der Waals surface area (Å²) in [5, 5.41) is 22.1. The van der Waals surface area contributed by atoms with Gasteiger partial charge in [0.05, 0.1) is 11.2 Å². The molecule has 1 fully saturated rings. The first-order valence-electron chi connectivity index (χ1n) is 5.49. The highest BCUT2D eigenvalue weighted by atomic mass is 127. The predicted octanol–water partition coefficient (Wildman–Crippen LogP) is 1.64. The van der Waals surface area contributed by atoms with Gasteiger partial charge in [-0.1, -0.05) is 0 Å². The highest BCUT2D eigenvalue weighted by Gasteiger charge is 2.34. The molecule has 3 N–H and O–H groups in total. The van der Waals surface area contributed by atoms with Crippen LogP contribution in [0.15, 0.2) is 18.2 Å². The molecule has 1 saturated carbocycles. The molecule has 0 aliphatic heterocycles. The molecular weight excluding hydrogens is 333 g/mol. The van der Waals surface area contributed by atoms with Gasteiger partial charge < -0.3 is 15.5 Å². The molecule has 1 aromatic rings. The summed E-state index contributed by atoms with van der Waals surface area (Å²) in [7, 11) is 0. The SMILES string of the molecule is O=C(NCC1(O)CCC1)c1cc(I)ccc1O. The van der Waals surface area contributed by atoms with Crippen molar-refractivity contribution in [2.45, 2.75) is 24.9 Å². The minimum atomic E-state index is -0.743. The van der Waals surface area contributed by atoms with E-state index in [0.717, 1.165) is 22.8 Å². The second kappa shape index (κ2) is 4.81. The van der Waals surface area contributed by atoms with Crippen LogP contribution in [0.2, 0.25) is 0 Å². The van der Waals surface area contributed by atoms with E-state index in [0.29, 0.717) is 0 Å². The minimum Gasteiger partial charge on any atom is -0.507 e. The quantitative estimate of drug-likeness (QED) is 0.729. The maximum Gasteiger partial charge on any atom is 0.255 e. The molecule has 0 heterocycles. The third-order valence-electron chi connectivity index (χ3n) is 3.07. The maximum absolute atomic E-state index is 11.8.